The van der Waals surface area contributed by atoms with Crippen LogP contribution in [0.3, 0.4) is 0 Å². The lowest BCUT2D eigenvalue weighted by Crippen LogP contribution is -2.28. The van der Waals surface area contributed by atoms with Gasteiger partial charge in [0.1, 0.15) is 14.1 Å². The molecule has 5 rings (SSSR count). The van der Waals surface area contributed by atoms with Gasteiger partial charge in [-0.25, -0.2) is 9.13 Å². The maximum Gasteiger partial charge on any atom is 0.212 e. The molecule has 0 spiro atoms. The summed E-state index contributed by atoms with van der Waals surface area (Å²) in [6.07, 6.45) is 4.19. The molecular formula is C30H26N2+2. The SMILES string of the molecule is C=C(c1ccc(C(=C)c2cc[n+](C)c3ccccc23)cc1)c1cc[n+](C)c2ccccc12. The highest BCUT2D eigenvalue weighted by Gasteiger charge is 2.15. The maximum atomic E-state index is 4.42. The molecule has 0 aliphatic carbocycles. The highest BCUT2D eigenvalue weighted by atomic mass is 14.9. The number of para-hydroxylation sites is 2. The van der Waals surface area contributed by atoms with Crippen molar-refractivity contribution in [3.05, 3.63) is 133 Å². The molecule has 0 saturated carbocycles. The van der Waals surface area contributed by atoms with Gasteiger partial charge >= 0.3 is 0 Å². The van der Waals surface area contributed by atoms with E-state index < -0.39 is 0 Å². The topological polar surface area (TPSA) is 7.76 Å². The Hall–Kier alpha value is -4.04. The zero-order valence-electron chi connectivity index (χ0n) is 18.5. The van der Waals surface area contributed by atoms with Gasteiger partial charge in [-0.2, -0.15) is 0 Å². The van der Waals surface area contributed by atoms with E-state index in [1.54, 1.807) is 0 Å². The second kappa shape index (κ2) is 7.90. The van der Waals surface area contributed by atoms with Crippen LogP contribution in [-0.4, -0.2) is 0 Å². The molecule has 0 aliphatic heterocycles. The predicted octanol–water partition coefficient (Wildman–Crippen LogP) is 5.77. The number of benzene rings is 3. The van der Waals surface area contributed by atoms with E-state index in [-0.39, 0.29) is 0 Å². The number of hydrogen-bond donors (Lipinski definition) is 0. The summed E-state index contributed by atoms with van der Waals surface area (Å²) in [5.41, 5.74) is 8.99. The smallest absolute Gasteiger partial charge is 0.201 e. The summed E-state index contributed by atoms with van der Waals surface area (Å²) < 4.78 is 4.28. The monoisotopic (exact) mass is 414 g/mol. The largest absolute Gasteiger partial charge is 0.212 e. The number of fused-ring (bicyclic) bond motifs is 2. The van der Waals surface area contributed by atoms with Crippen LogP contribution in [0, 0.1) is 0 Å². The van der Waals surface area contributed by atoms with E-state index in [0.717, 1.165) is 33.4 Å². The first-order valence-corrected chi connectivity index (χ1v) is 10.8. The van der Waals surface area contributed by atoms with E-state index in [4.69, 9.17) is 0 Å². The third kappa shape index (κ3) is 3.30. The van der Waals surface area contributed by atoms with Crippen molar-refractivity contribution in [1.29, 1.82) is 0 Å². The van der Waals surface area contributed by atoms with Crippen molar-refractivity contribution in [3.8, 4) is 0 Å². The first kappa shape index (κ1) is 19.9. The van der Waals surface area contributed by atoms with Crippen LogP contribution in [0.2, 0.25) is 0 Å². The van der Waals surface area contributed by atoms with Crippen LogP contribution in [0.4, 0.5) is 0 Å². The maximum absolute atomic E-state index is 4.42. The normalized spacial score (nSPS) is 11.1. The minimum atomic E-state index is 1.02. The summed E-state index contributed by atoms with van der Waals surface area (Å²) >= 11 is 0. The van der Waals surface area contributed by atoms with E-state index >= 15 is 0 Å². The van der Waals surface area contributed by atoms with Crippen LogP contribution in [0.25, 0.3) is 33.0 Å². The molecule has 0 radical (unpaired) electrons. The molecule has 0 bridgehead atoms. The fraction of sp³-hybridized carbons (Fsp3) is 0.0667. The van der Waals surface area contributed by atoms with Gasteiger partial charge in [0.05, 0.1) is 10.8 Å². The summed E-state index contributed by atoms with van der Waals surface area (Å²) in [6, 6.07) is 29.8. The average molecular weight is 415 g/mol. The predicted molar refractivity (Wildman–Crippen MR) is 133 cm³/mol. The van der Waals surface area contributed by atoms with Gasteiger partial charge in [-0.3, -0.25) is 0 Å². The van der Waals surface area contributed by atoms with Gasteiger partial charge in [-0.1, -0.05) is 61.7 Å². The van der Waals surface area contributed by atoms with Crippen LogP contribution in [-0.2, 0) is 14.1 Å². The van der Waals surface area contributed by atoms with Gasteiger partial charge < -0.3 is 0 Å². The standard InChI is InChI=1S/C30H26N2/c1-21(25-17-19-31(3)29-11-7-5-9-27(25)29)23-13-15-24(16-14-23)22(2)26-18-20-32(4)30-12-8-6-10-28(26)30/h5-20H,1-2H2,3-4H3/q+2. The first-order chi connectivity index (χ1) is 15.5. The summed E-state index contributed by atoms with van der Waals surface area (Å²) in [7, 11) is 4.14. The Morgan fingerprint density at radius 1 is 0.531 bits per heavy atom. The molecule has 0 atom stereocenters. The molecule has 154 valence electrons. The summed E-state index contributed by atoms with van der Waals surface area (Å²) in [6.45, 7) is 8.85. The second-order valence-electron chi connectivity index (χ2n) is 8.25. The number of hydrogen-bond acceptors (Lipinski definition) is 0. The van der Waals surface area contributed by atoms with E-state index in [0.29, 0.717) is 0 Å². The molecule has 3 aromatic carbocycles. The lowest BCUT2D eigenvalue weighted by Gasteiger charge is -2.12. The van der Waals surface area contributed by atoms with Crippen LogP contribution in [0.5, 0.6) is 0 Å². The quantitative estimate of drug-likeness (QED) is 0.330. The summed E-state index contributed by atoms with van der Waals surface area (Å²) in [5.74, 6) is 0. The molecule has 2 aromatic heterocycles. The van der Waals surface area contributed by atoms with E-state index in [1.165, 1.54) is 21.8 Å². The molecule has 2 nitrogen and oxygen atoms in total. The van der Waals surface area contributed by atoms with Crippen LogP contribution < -0.4 is 9.13 Å². The lowest BCUT2D eigenvalue weighted by atomic mass is 9.92. The van der Waals surface area contributed by atoms with Crippen molar-refractivity contribution in [3.63, 3.8) is 0 Å². The Kier molecular flexibility index (Phi) is 4.91. The molecule has 0 fully saturated rings. The highest BCUT2D eigenvalue weighted by Crippen LogP contribution is 2.30. The fourth-order valence-electron chi connectivity index (χ4n) is 4.44. The first-order valence-electron chi connectivity index (χ1n) is 10.8. The molecular weight excluding hydrogens is 388 g/mol. The molecule has 2 heteroatoms. The number of aromatic nitrogens is 2. The zero-order chi connectivity index (χ0) is 22.2. The van der Waals surface area contributed by atoms with Crippen molar-refractivity contribution in [2.24, 2.45) is 14.1 Å². The Morgan fingerprint density at radius 2 is 0.906 bits per heavy atom. The van der Waals surface area contributed by atoms with E-state index in [1.807, 2.05) is 0 Å². The number of pyridine rings is 2. The Morgan fingerprint density at radius 3 is 1.31 bits per heavy atom. The number of nitrogens with zero attached hydrogens (tertiary/aromatic N) is 2. The van der Waals surface area contributed by atoms with E-state index in [9.17, 15) is 0 Å². The van der Waals surface area contributed by atoms with Gasteiger partial charge in [-0.05, 0) is 34.4 Å². The molecule has 5 aromatic rings. The Labute approximate surface area is 189 Å². The molecule has 0 N–H and O–H groups in total. The van der Waals surface area contributed by atoms with Gasteiger partial charge in [0.15, 0.2) is 12.4 Å². The van der Waals surface area contributed by atoms with Crippen LogP contribution in [0.1, 0.15) is 22.3 Å². The van der Waals surface area contributed by atoms with Crippen molar-refractivity contribution in [1.82, 2.24) is 0 Å². The lowest BCUT2D eigenvalue weighted by molar-refractivity contribution is -0.645. The third-order valence-corrected chi connectivity index (χ3v) is 6.31. The molecule has 2 heterocycles. The summed E-state index contributed by atoms with van der Waals surface area (Å²) in [4.78, 5) is 0. The molecule has 0 amide bonds. The van der Waals surface area contributed by atoms with Crippen molar-refractivity contribution < 1.29 is 9.13 Å². The minimum absolute atomic E-state index is 1.02. The fourth-order valence-corrected chi connectivity index (χ4v) is 4.44. The summed E-state index contributed by atoms with van der Waals surface area (Å²) in [5, 5.41) is 2.42. The van der Waals surface area contributed by atoms with Crippen molar-refractivity contribution in [2.45, 2.75) is 0 Å². The highest BCUT2D eigenvalue weighted by molar-refractivity contribution is 5.96. The van der Waals surface area contributed by atoms with Crippen LogP contribution in [0.15, 0.2) is 110 Å². The molecule has 0 saturated heterocycles. The van der Waals surface area contributed by atoms with Gasteiger partial charge in [0.2, 0.25) is 11.0 Å². The zero-order valence-corrected chi connectivity index (χ0v) is 18.5. The van der Waals surface area contributed by atoms with Gasteiger partial charge in [0.25, 0.3) is 0 Å². The average Bonchev–Trinajstić information content (AvgIpc) is 2.84. The number of rotatable bonds is 4. The minimum Gasteiger partial charge on any atom is -0.201 e. The number of aryl methyl sites for hydroxylation is 2. The van der Waals surface area contributed by atoms with Crippen LogP contribution >= 0.6 is 0 Å². The second-order valence-corrected chi connectivity index (χ2v) is 8.25. The third-order valence-electron chi connectivity index (χ3n) is 6.31. The Bertz CT molecular complexity index is 1390. The molecule has 32 heavy (non-hydrogen) atoms. The van der Waals surface area contributed by atoms with Gasteiger partial charge in [-0.15, -0.1) is 0 Å². The molecule has 0 aliphatic rings. The Balaban J connectivity index is 1.51. The van der Waals surface area contributed by atoms with Crippen molar-refractivity contribution in [2.75, 3.05) is 0 Å². The van der Waals surface area contributed by atoms with E-state index in [2.05, 4.69) is 134 Å². The van der Waals surface area contributed by atoms with Gasteiger partial charge in [0, 0.05) is 35.4 Å². The molecule has 0 unspecified atom stereocenters. The van der Waals surface area contributed by atoms with Crippen molar-refractivity contribution >= 4 is 33.0 Å².